The number of nitrogens with two attached hydrogens (primary N) is 1. The molecule has 7 N–H and O–H groups in total. The molecule has 0 saturated heterocycles. The highest BCUT2D eigenvalue weighted by Gasteiger charge is 2.30. The van der Waals surface area contributed by atoms with Crippen LogP contribution in [0, 0.1) is 0 Å². The number of para-hydroxylation sites is 1. The van der Waals surface area contributed by atoms with Gasteiger partial charge in [0.15, 0.2) is 0 Å². The van der Waals surface area contributed by atoms with Gasteiger partial charge in [-0.2, -0.15) is 11.8 Å². The van der Waals surface area contributed by atoms with Crippen molar-refractivity contribution in [1.29, 1.82) is 0 Å². The summed E-state index contributed by atoms with van der Waals surface area (Å²) in [4.78, 5) is 53.8. The van der Waals surface area contributed by atoms with Crippen LogP contribution in [-0.2, 0) is 32.0 Å². The number of rotatable bonds is 14. The van der Waals surface area contributed by atoms with Crippen LogP contribution in [0.1, 0.15) is 17.5 Å². The van der Waals surface area contributed by atoms with Gasteiger partial charge in [0.05, 0.1) is 6.54 Å². The predicted octanol–water partition coefficient (Wildman–Crippen LogP) is 1.20. The zero-order valence-corrected chi connectivity index (χ0v) is 21.9. The van der Waals surface area contributed by atoms with Gasteiger partial charge in [0.2, 0.25) is 17.7 Å². The molecule has 38 heavy (non-hydrogen) atoms. The number of carboxylic acids is 1. The van der Waals surface area contributed by atoms with E-state index in [1.165, 1.54) is 11.8 Å². The van der Waals surface area contributed by atoms with E-state index in [-0.39, 0.29) is 19.4 Å². The van der Waals surface area contributed by atoms with Crippen LogP contribution in [0.3, 0.4) is 0 Å². The number of nitrogens with one attached hydrogen (secondary N) is 4. The lowest BCUT2D eigenvalue weighted by Crippen LogP contribution is -2.57. The molecular weight excluding hydrogens is 506 g/mol. The zero-order chi connectivity index (χ0) is 27.5. The maximum atomic E-state index is 13.5. The fourth-order valence-electron chi connectivity index (χ4n) is 4.08. The van der Waals surface area contributed by atoms with Gasteiger partial charge in [0, 0.05) is 29.9 Å². The number of fused-ring (bicyclic) bond motifs is 1. The molecule has 3 aromatic rings. The number of hydrogen-bond acceptors (Lipinski definition) is 6. The lowest BCUT2D eigenvalue weighted by molar-refractivity contribution is -0.142. The van der Waals surface area contributed by atoms with E-state index < -0.39 is 41.8 Å². The number of carbonyl (C=O) groups excluding carboxylic acids is 3. The summed E-state index contributed by atoms with van der Waals surface area (Å²) in [5.74, 6) is -2.26. The lowest BCUT2D eigenvalue weighted by Gasteiger charge is -2.24. The van der Waals surface area contributed by atoms with E-state index in [9.17, 15) is 24.3 Å². The molecular formula is C27H33N5O5S. The van der Waals surface area contributed by atoms with Crippen LogP contribution in [-0.4, -0.2) is 70.5 Å². The van der Waals surface area contributed by atoms with Crippen molar-refractivity contribution < 1.29 is 24.3 Å². The number of aliphatic carboxylic acids is 1. The molecule has 11 heteroatoms. The van der Waals surface area contributed by atoms with Crippen LogP contribution in [0.15, 0.2) is 60.8 Å². The van der Waals surface area contributed by atoms with E-state index in [2.05, 4.69) is 20.9 Å². The molecule has 0 aliphatic heterocycles. The van der Waals surface area contributed by atoms with Gasteiger partial charge in [-0.1, -0.05) is 48.5 Å². The van der Waals surface area contributed by atoms with Crippen LogP contribution in [0.25, 0.3) is 10.9 Å². The summed E-state index contributed by atoms with van der Waals surface area (Å²) in [6.07, 6.45) is 4.17. The molecule has 202 valence electrons. The fraction of sp³-hybridized carbons (Fsp3) is 0.333. The van der Waals surface area contributed by atoms with Crippen molar-refractivity contribution in [1.82, 2.24) is 20.9 Å². The first kappa shape index (κ1) is 28.7. The Kier molecular flexibility index (Phi) is 10.7. The molecule has 2 aromatic carbocycles. The summed E-state index contributed by atoms with van der Waals surface area (Å²) in [6, 6.07) is 13.3. The van der Waals surface area contributed by atoms with Crippen LogP contribution in [0.5, 0.6) is 0 Å². The van der Waals surface area contributed by atoms with Gasteiger partial charge >= 0.3 is 5.97 Å². The quantitative estimate of drug-likeness (QED) is 0.179. The molecule has 0 spiro atoms. The standard InChI is InChI=1S/C27H33N5O5S/c1-38-12-11-21(30-24(33)15-28)25(34)31-22(14-18-16-29-20-10-6-5-9-19(18)20)26(35)32-23(27(36)37)13-17-7-3-2-4-8-17/h2-10,16,21-23,29H,11-15,28H2,1H3,(H,30,33)(H,31,34)(H,32,35)(H,36,37). The Hall–Kier alpha value is -3.83. The molecule has 3 atom stereocenters. The Bertz CT molecular complexity index is 1250. The molecule has 0 aliphatic carbocycles. The molecule has 10 nitrogen and oxygen atoms in total. The number of aromatic amines is 1. The summed E-state index contributed by atoms with van der Waals surface area (Å²) in [6.45, 7) is -0.276. The third-order valence-electron chi connectivity index (χ3n) is 6.08. The number of amides is 3. The number of H-pyrrole nitrogens is 1. The highest BCUT2D eigenvalue weighted by atomic mass is 32.2. The molecule has 1 heterocycles. The lowest BCUT2D eigenvalue weighted by atomic mass is 10.0. The molecule has 1 aromatic heterocycles. The Balaban J connectivity index is 1.84. The summed E-state index contributed by atoms with van der Waals surface area (Å²) >= 11 is 1.51. The van der Waals surface area contributed by atoms with Crippen molar-refractivity contribution in [3.8, 4) is 0 Å². The second-order valence-electron chi connectivity index (χ2n) is 8.82. The zero-order valence-electron chi connectivity index (χ0n) is 21.1. The number of thioether (sulfide) groups is 1. The Morgan fingerprint density at radius 2 is 1.55 bits per heavy atom. The van der Waals surface area contributed by atoms with Crippen molar-refractivity contribution in [3.05, 3.63) is 71.9 Å². The van der Waals surface area contributed by atoms with Crippen molar-refractivity contribution >= 4 is 46.4 Å². The van der Waals surface area contributed by atoms with Crippen molar-refractivity contribution in [2.45, 2.75) is 37.4 Å². The maximum absolute atomic E-state index is 13.5. The Morgan fingerprint density at radius 3 is 2.24 bits per heavy atom. The third kappa shape index (κ3) is 8.09. The van der Waals surface area contributed by atoms with Gasteiger partial charge in [-0.15, -0.1) is 0 Å². The number of carboxylic acid groups (broad SMARTS) is 1. The molecule has 0 radical (unpaired) electrons. The van der Waals surface area contributed by atoms with Crippen LogP contribution < -0.4 is 21.7 Å². The van der Waals surface area contributed by atoms with E-state index in [1.807, 2.05) is 36.6 Å². The van der Waals surface area contributed by atoms with Crippen LogP contribution in [0.2, 0.25) is 0 Å². The normalized spacial score (nSPS) is 13.3. The molecule has 3 amide bonds. The first-order chi connectivity index (χ1) is 18.3. The van der Waals surface area contributed by atoms with Crippen LogP contribution in [0.4, 0.5) is 0 Å². The maximum Gasteiger partial charge on any atom is 0.326 e. The monoisotopic (exact) mass is 539 g/mol. The number of benzene rings is 2. The highest BCUT2D eigenvalue weighted by Crippen LogP contribution is 2.19. The third-order valence-corrected chi connectivity index (χ3v) is 6.72. The van der Waals surface area contributed by atoms with Gasteiger partial charge in [-0.25, -0.2) is 4.79 Å². The SMILES string of the molecule is CSCCC(NC(=O)CN)C(=O)NC(Cc1c[nH]c2ccccc12)C(=O)NC(Cc1ccccc1)C(=O)O. The average Bonchev–Trinajstić information content (AvgIpc) is 3.33. The van der Waals surface area contributed by atoms with E-state index in [4.69, 9.17) is 5.73 Å². The van der Waals surface area contributed by atoms with Crippen molar-refractivity contribution in [3.63, 3.8) is 0 Å². The minimum Gasteiger partial charge on any atom is -0.480 e. The van der Waals surface area contributed by atoms with Gasteiger partial charge in [0.1, 0.15) is 18.1 Å². The van der Waals surface area contributed by atoms with Crippen molar-refractivity contribution in [2.24, 2.45) is 5.73 Å². The molecule has 0 fully saturated rings. The van der Waals surface area contributed by atoms with Gasteiger partial charge in [0.25, 0.3) is 0 Å². The summed E-state index contributed by atoms with van der Waals surface area (Å²) in [5.41, 5.74) is 7.81. The van der Waals surface area contributed by atoms with E-state index >= 15 is 0 Å². The number of hydrogen-bond donors (Lipinski definition) is 6. The molecule has 0 saturated carbocycles. The minimum atomic E-state index is -1.20. The molecule has 3 unspecified atom stereocenters. The first-order valence-electron chi connectivity index (χ1n) is 12.2. The second kappa shape index (κ2) is 14.2. The van der Waals surface area contributed by atoms with Crippen molar-refractivity contribution in [2.75, 3.05) is 18.6 Å². The summed E-state index contributed by atoms with van der Waals surface area (Å²) in [7, 11) is 0. The fourth-order valence-corrected chi connectivity index (χ4v) is 4.55. The first-order valence-corrected chi connectivity index (χ1v) is 13.6. The Morgan fingerprint density at radius 1 is 0.895 bits per heavy atom. The highest BCUT2D eigenvalue weighted by molar-refractivity contribution is 7.98. The summed E-state index contributed by atoms with van der Waals surface area (Å²) in [5, 5.41) is 18.6. The van der Waals surface area contributed by atoms with Gasteiger partial charge < -0.3 is 31.8 Å². The second-order valence-corrected chi connectivity index (χ2v) is 9.81. The smallest absolute Gasteiger partial charge is 0.326 e. The van der Waals surface area contributed by atoms with E-state index in [0.29, 0.717) is 12.2 Å². The topological polar surface area (TPSA) is 166 Å². The van der Waals surface area contributed by atoms with E-state index in [1.54, 1.807) is 30.5 Å². The number of aromatic nitrogens is 1. The molecule has 0 bridgehead atoms. The molecule has 3 rings (SSSR count). The predicted molar refractivity (Wildman–Crippen MR) is 148 cm³/mol. The summed E-state index contributed by atoms with van der Waals surface area (Å²) < 4.78 is 0. The van der Waals surface area contributed by atoms with Gasteiger partial charge in [-0.05, 0) is 35.6 Å². The number of carbonyl (C=O) groups is 4. The van der Waals surface area contributed by atoms with Crippen LogP contribution >= 0.6 is 11.8 Å². The Labute approximate surface area is 225 Å². The van der Waals surface area contributed by atoms with Gasteiger partial charge in [-0.3, -0.25) is 14.4 Å². The minimum absolute atomic E-state index is 0.0819. The largest absolute Gasteiger partial charge is 0.480 e. The van der Waals surface area contributed by atoms with E-state index in [0.717, 1.165) is 22.0 Å². The molecule has 0 aliphatic rings. The average molecular weight is 540 g/mol.